The first-order valence-electron chi connectivity index (χ1n) is 10.7. The first-order chi connectivity index (χ1) is 15.4. The summed E-state index contributed by atoms with van der Waals surface area (Å²) in [5.41, 5.74) is 7.94. The molecular weight excluding hydrogens is 428 g/mol. The van der Waals surface area contributed by atoms with Crippen molar-refractivity contribution >= 4 is 29.9 Å². The van der Waals surface area contributed by atoms with Crippen LogP contribution in [0.2, 0.25) is 0 Å². The molecule has 3 rings (SSSR count). The summed E-state index contributed by atoms with van der Waals surface area (Å²) in [5.74, 6) is 0. The molecule has 1 amide bonds. The molecule has 2 aromatic rings. The molecule has 0 aliphatic heterocycles. The van der Waals surface area contributed by atoms with Gasteiger partial charge in [-0.1, -0.05) is 43.2 Å². The quantitative estimate of drug-likeness (QED) is 0.150. The highest BCUT2D eigenvalue weighted by atomic mass is 32.2. The lowest BCUT2D eigenvalue weighted by Gasteiger charge is -2.30. The van der Waals surface area contributed by atoms with Crippen molar-refractivity contribution in [3.63, 3.8) is 0 Å². The third-order valence-electron chi connectivity index (χ3n) is 5.40. The zero-order valence-corrected chi connectivity index (χ0v) is 18.6. The number of hydrogen-bond acceptors (Lipinski definition) is 7. The van der Waals surface area contributed by atoms with Crippen molar-refractivity contribution < 1.29 is 19.8 Å². The Kier molecular flexibility index (Phi) is 8.92. The number of amides is 1. The van der Waals surface area contributed by atoms with Crippen LogP contribution in [-0.2, 0) is 11.3 Å². The van der Waals surface area contributed by atoms with Gasteiger partial charge in [0.1, 0.15) is 0 Å². The van der Waals surface area contributed by atoms with Gasteiger partial charge in [-0.05, 0) is 55.0 Å². The van der Waals surface area contributed by atoms with Crippen LogP contribution in [-0.4, -0.2) is 51.8 Å². The van der Waals surface area contributed by atoms with Gasteiger partial charge in [-0.3, -0.25) is 4.84 Å². The average molecular weight is 459 g/mol. The summed E-state index contributed by atoms with van der Waals surface area (Å²) in [4.78, 5) is 18.3. The molecule has 1 aliphatic rings. The number of nitrogen functional groups attached to an aromatic ring is 1. The van der Waals surface area contributed by atoms with Gasteiger partial charge in [-0.25, -0.2) is 4.79 Å². The molecule has 0 heterocycles. The van der Waals surface area contributed by atoms with Crippen LogP contribution in [0.3, 0.4) is 0 Å². The molecule has 2 aromatic carbocycles. The van der Waals surface area contributed by atoms with E-state index in [0.29, 0.717) is 17.7 Å². The smallest absolute Gasteiger partial charge is 0.404 e. The number of carboxylic acid groups (broad SMARTS) is 1. The molecule has 0 aromatic heterocycles. The van der Waals surface area contributed by atoms with Crippen molar-refractivity contribution in [1.82, 2.24) is 9.79 Å². The van der Waals surface area contributed by atoms with Crippen LogP contribution in [0.25, 0.3) is 0 Å². The summed E-state index contributed by atoms with van der Waals surface area (Å²) in [6.07, 6.45) is 3.52. The molecule has 6 N–H and O–H groups in total. The Bertz CT molecular complexity index is 893. The number of carbonyl (C=O) groups is 1. The van der Waals surface area contributed by atoms with Gasteiger partial charge >= 0.3 is 6.09 Å². The third kappa shape index (κ3) is 7.23. The van der Waals surface area contributed by atoms with E-state index in [4.69, 9.17) is 16.0 Å². The number of hydroxylamine groups is 1. The van der Waals surface area contributed by atoms with Crippen LogP contribution in [0, 0.1) is 5.41 Å². The molecule has 32 heavy (non-hydrogen) atoms. The highest BCUT2D eigenvalue weighted by Gasteiger charge is 2.27. The molecule has 172 valence electrons. The minimum absolute atomic E-state index is 0.0608. The van der Waals surface area contributed by atoms with Crippen LogP contribution in [0.15, 0.2) is 53.4 Å². The van der Waals surface area contributed by atoms with Crippen LogP contribution < -0.4 is 11.1 Å². The zero-order chi connectivity index (χ0) is 22.9. The van der Waals surface area contributed by atoms with Crippen LogP contribution in [0.4, 0.5) is 10.5 Å². The highest BCUT2D eigenvalue weighted by molar-refractivity contribution is 7.96. The van der Waals surface area contributed by atoms with Crippen molar-refractivity contribution in [2.75, 3.05) is 12.3 Å². The maximum absolute atomic E-state index is 11.4. The maximum Gasteiger partial charge on any atom is 0.404 e. The van der Waals surface area contributed by atoms with E-state index in [0.717, 1.165) is 36.1 Å². The summed E-state index contributed by atoms with van der Waals surface area (Å²) < 4.78 is 1.63. The van der Waals surface area contributed by atoms with Gasteiger partial charge in [0.2, 0.25) is 0 Å². The maximum atomic E-state index is 11.4. The van der Waals surface area contributed by atoms with E-state index in [2.05, 4.69) is 5.32 Å². The lowest BCUT2D eigenvalue weighted by atomic mass is 10.0. The summed E-state index contributed by atoms with van der Waals surface area (Å²) in [6.45, 7) is 0.100. The number of aliphatic hydroxyl groups excluding tert-OH is 1. The monoisotopic (exact) mass is 458 g/mol. The number of nitrogens with zero attached hydrogens (tertiary/aromatic N) is 1. The number of aliphatic hydroxyl groups is 1. The molecule has 1 saturated carbocycles. The van der Waals surface area contributed by atoms with E-state index >= 15 is 0 Å². The first-order valence-corrected chi connectivity index (χ1v) is 11.5. The van der Waals surface area contributed by atoms with Crippen LogP contribution in [0.1, 0.15) is 36.8 Å². The van der Waals surface area contributed by atoms with E-state index in [-0.39, 0.29) is 12.6 Å². The number of nitrogens with one attached hydrogen (secondary N) is 2. The SMILES string of the molecule is N=Cc1cc(SN(CC(O)C(Cc2ccccc2)NC(=O)O)OC2CCCC2)ccc1N. The minimum atomic E-state index is -1.19. The number of anilines is 1. The van der Waals surface area contributed by atoms with Crippen LogP contribution in [0.5, 0.6) is 0 Å². The number of benzene rings is 2. The van der Waals surface area contributed by atoms with Crippen molar-refractivity contribution in [2.24, 2.45) is 0 Å². The Labute approximate surface area is 192 Å². The van der Waals surface area contributed by atoms with Crippen molar-refractivity contribution in [1.29, 1.82) is 5.41 Å². The van der Waals surface area contributed by atoms with Gasteiger partial charge < -0.3 is 26.7 Å². The second-order valence-corrected chi connectivity index (χ2v) is 8.93. The van der Waals surface area contributed by atoms with Gasteiger partial charge in [0.25, 0.3) is 0 Å². The predicted octanol–water partition coefficient (Wildman–Crippen LogP) is 3.69. The largest absolute Gasteiger partial charge is 0.465 e. The second-order valence-electron chi connectivity index (χ2n) is 7.87. The molecule has 0 saturated heterocycles. The van der Waals surface area contributed by atoms with E-state index in [1.54, 1.807) is 16.6 Å². The second kappa shape index (κ2) is 11.9. The Morgan fingerprint density at radius 2 is 2.00 bits per heavy atom. The molecule has 0 radical (unpaired) electrons. The Morgan fingerprint density at radius 1 is 1.28 bits per heavy atom. The molecule has 1 fully saturated rings. The van der Waals surface area contributed by atoms with E-state index < -0.39 is 18.2 Å². The Hall–Kier alpha value is -2.59. The fraction of sp³-hybridized carbons (Fsp3) is 0.391. The lowest BCUT2D eigenvalue weighted by molar-refractivity contribution is -0.137. The third-order valence-corrected chi connectivity index (χ3v) is 6.30. The normalized spacial score (nSPS) is 16.1. The van der Waals surface area contributed by atoms with Crippen molar-refractivity contribution in [2.45, 2.75) is 55.2 Å². The molecule has 9 heteroatoms. The number of rotatable bonds is 11. The predicted molar refractivity (Wildman–Crippen MR) is 126 cm³/mol. The van der Waals surface area contributed by atoms with Crippen molar-refractivity contribution in [3.8, 4) is 0 Å². The molecule has 1 aliphatic carbocycles. The number of nitrogens with two attached hydrogens (primary N) is 1. The van der Waals surface area contributed by atoms with Gasteiger partial charge in [0, 0.05) is 22.4 Å². The Balaban J connectivity index is 1.74. The van der Waals surface area contributed by atoms with E-state index in [9.17, 15) is 15.0 Å². The summed E-state index contributed by atoms with van der Waals surface area (Å²) in [7, 11) is 0. The molecule has 2 unspecified atom stereocenters. The molecule has 0 bridgehead atoms. The van der Waals surface area contributed by atoms with E-state index in [1.165, 1.54) is 18.2 Å². The van der Waals surface area contributed by atoms with Crippen LogP contribution >= 0.6 is 11.9 Å². The lowest BCUT2D eigenvalue weighted by Crippen LogP contribution is -2.48. The summed E-state index contributed by atoms with van der Waals surface area (Å²) in [6, 6.07) is 14.1. The Morgan fingerprint density at radius 3 is 2.66 bits per heavy atom. The summed E-state index contributed by atoms with van der Waals surface area (Å²) in [5, 5.41) is 30.2. The van der Waals surface area contributed by atoms with Gasteiger partial charge in [-0.2, -0.15) is 0 Å². The molecule has 2 atom stereocenters. The highest BCUT2D eigenvalue weighted by Crippen LogP contribution is 2.30. The van der Waals surface area contributed by atoms with Gasteiger partial charge in [-0.15, -0.1) is 4.47 Å². The fourth-order valence-corrected chi connectivity index (χ4v) is 4.64. The summed E-state index contributed by atoms with van der Waals surface area (Å²) >= 11 is 1.30. The van der Waals surface area contributed by atoms with Gasteiger partial charge in [0.05, 0.1) is 24.8 Å². The topological polar surface area (TPSA) is 132 Å². The molecule has 8 nitrogen and oxygen atoms in total. The number of hydrogen-bond donors (Lipinski definition) is 5. The standard InChI is InChI=1S/C23H30N4O4S/c24-14-17-13-19(10-11-20(17)25)32-27(31-18-8-4-5-9-18)15-22(28)21(26-23(29)30)12-16-6-2-1-3-7-16/h1-3,6-7,10-11,13-14,18,21-22,24,26,28H,4-5,8-9,12,15,25H2,(H,29,30). The molecule has 0 spiro atoms. The molecular formula is C23H30N4O4S. The first kappa shape index (κ1) is 24.1. The van der Waals surface area contributed by atoms with Crippen molar-refractivity contribution in [3.05, 3.63) is 59.7 Å². The zero-order valence-electron chi connectivity index (χ0n) is 17.8. The fourth-order valence-electron chi connectivity index (χ4n) is 3.70. The van der Waals surface area contributed by atoms with Gasteiger partial charge in [0.15, 0.2) is 0 Å². The average Bonchev–Trinajstić information content (AvgIpc) is 3.28. The van der Waals surface area contributed by atoms with E-state index in [1.807, 2.05) is 36.4 Å². The minimum Gasteiger partial charge on any atom is -0.465 e.